The van der Waals surface area contributed by atoms with Gasteiger partial charge in [-0.25, -0.2) is 9.37 Å². The molecule has 2 N–H and O–H groups in total. The van der Waals surface area contributed by atoms with Crippen LogP contribution in [0.3, 0.4) is 0 Å². The third-order valence-electron chi connectivity index (χ3n) is 2.50. The second kappa shape index (κ2) is 5.24. The van der Waals surface area contributed by atoms with Crippen molar-refractivity contribution in [1.29, 1.82) is 0 Å². The molecule has 0 aliphatic carbocycles. The number of hydrogen-bond donors (Lipinski definition) is 1. The molecule has 2 rings (SSSR count). The van der Waals surface area contributed by atoms with E-state index >= 15 is 0 Å². The Labute approximate surface area is 116 Å². The number of nitrogens with zero attached hydrogens (tertiary/aromatic N) is 2. The second-order valence-electron chi connectivity index (χ2n) is 3.77. The molecule has 0 atom stereocenters. The summed E-state index contributed by atoms with van der Waals surface area (Å²) in [6, 6.07) is 2.90. The smallest absolute Gasteiger partial charge is 0.237 e. The molecule has 1 heterocycles. The highest BCUT2D eigenvalue weighted by Gasteiger charge is 2.14. The summed E-state index contributed by atoms with van der Waals surface area (Å²) in [7, 11) is 0. The number of hydrogen-bond acceptors (Lipinski definition) is 2. The van der Waals surface area contributed by atoms with Crippen molar-refractivity contribution < 1.29 is 9.18 Å². The lowest BCUT2D eigenvalue weighted by atomic mass is 10.3. The highest BCUT2D eigenvalue weighted by molar-refractivity contribution is 9.10. The first-order valence-electron chi connectivity index (χ1n) is 5.21. The van der Waals surface area contributed by atoms with Crippen LogP contribution in [0.1, 0.15) is 5.82 Å². The SMILES string of the molecule is NC(=O)Cn1c(CCCl)nc2cc(Br)c(F)cc21. The van der Waals surface area contributed by atoms with Crippen LogP contribution in [0.2, 0.25) is 0 Å². The highest BCUT2D eigenvalue weighted by Crippen LogP contribution is 2.24. The van der Waals surface area contributed by atoms with Gasteiger partial charge in [0.25, 0.3) is 0 Å². The zero-order valence-corrected chi connectivity index (χ0v) is 11.6. The van der Waals surface area contributed by atoms with E-state index in [1.807, 2.05) is 0 Å². The Morgan fingerprint density at radius 1 is 1.56 bits per heavy atom. The van der Waals surface area contributed by atoms with E-state index < -0.39 is 11.7 Å². The predicted molar refractivity (Wildman–Crippen MR) is 71.0 cm³/mol. The van der Waals surface area contributed by atoms with Crippen molar-refractivity contribution in [2.24, 2.45) is 5.73 Å². The lowest BCUT2D eigenvalue weighted by Crippen LogP contribution is -2.20. The van der Waals surface area contributed by atoms with Crippen LogP contribution < -0.4 is 5.73 Å². The molecular weight excluding hydrogens is 324 g/mol. The molecule has 7 heteroatoms. The molecule has 0 spiro atoms. The van der Waals surface area contributed by atoms with Crippen LogP contribution in [0.4, 0.5) is 4.39 Å². The van der Waals surface area contributed by atoms with Gasteiger partial charge in [0.05, 0.1) is 15.5 Å². The van der Waals surface area contributed by atoms with Gasteiger partial charge in [0, 0.05) is 18.4 Å². The molecule has 0 aliphatic rings. The maximum Gasteiger partial charge on any atom is 0.237 e. The molecule has 0 fully saturated rings. The van der Waals surface area contributed by atoms with Crippen LogP contribution in [0, 0.1) is 5.82 Å². The summed E-state index contributed by atoms with van der Waals surface area (Å²) >= 11 is 8.78. The Hall–Kier alpha value is -1.14. The van der Waals surface area contributed by atoms with Crippen molar-refractivity contribution in [3.8, 4) is 0 Å². The molecule has 0 radical (unpaired) electrons. The summed E-state index contributed by atoms with van der Waals surface area (Å²) in [5.41, 5.74) is 6.32. The first-order chi connectivity index (χ1) is 8.52. The average molecular weight is 335 g/mol. The Bertz CT molecular complexity index is 614. The zero-order chi connectivity index (χ0) is 13.3. The van der Waals surface area contributed by atoms with Crippen molar-refractivity contribution in [2.45, 2.75) is 13.0 Å². The molecule has 4 nitrogen and oxygen atoms in total. The number of imidazole rings is 1. The number of nitrogens with two attached hydrogens (primary N) is 1. The minimum atomic E-state index is -0.506. The fourth-order valence-electron chi connectivity index (χ4n) is 1.78. The maximum absolute atomic E-state index is 13.5. The number of aryl methyl sites for hydroxylation is 1. The summed E-state index contributed by atoms with van der Waals surface area (Å²) in [6.45, 7) is -0.0379. The standard InChI is InChI=1S/C11H10BrClFN3O/c12-6-3-8-9(4-7(6)14)17(5-10(15)18)11(16-8)1-2-13/h3-4H,1-2,5H2,(H2,15,18). The van der Waals surface area contributed by atoms with Gasteiger partial charge in [-0.1, -0.05) is 0 Å². The Balaban J connectivity index is 2.64. The lowest BCUT2D eigenvalue weighted by molar-refractivity contribution is -0.118. The molecule has 1 aromatic heterocycles. The van der Waals surface area contributed by atoms with Gasteiger partial charge in [-0.05, 0) is 22.0 Å². The van der Waals surface area contributed by atoms with E-state index in [0.717, 1.165) is 0 Å². The van der Waals surface area contributed by atoms with E-state index in [1.165, 1.54) is 6.07 Å². The number of halogens is 3. The summed E-state index contributed by atoms with van der Waals surface area (Å²) in [5.74, 6) is 0.0708. The number of alkyl halides is 1. The van der Waals surface area contributed by atoms with Crippen LogP contribution in [0.25, 0.3) is 11.0 Å². The van der Waals surface area contributed by atoms with Crippen LogP contribution in [0.15, 0.2) is 16.6 Å². The normalized spacial score (nSPS) is 11.1. The van der Waals surface area contributed by atoms with E-state index in [-0.39, 0.29) is 6.54 Å². The average Bonchev–Trinajstić information content (AvgIpc) is 2.58. The topological polar surface area (TPSA) is 60.9 Å². The molecule has 0 saturated carbocycles. The van der Waals surface area contributed by atoms with Gasteiger partial charge in [-0.2, -0.15) is 0 Å². The summed E-state index contributed by atoms with van der Waals surface area (Å²) < 4.78 is 15.5. The van der Waals surface area contributed by atoms with Gasteiger partial charge < -0.3 is 10.3 Å². The highest BCUT2D eigenvalue weighted by atomic mass is 79.9. The fourth-order valence-corrected chi connectivity index (χ4v) is 2.28. The van der Waals surface area contributed by atoms with Crippen LogP contribution in [-0.2, 0) is 17.8 Å². The van der Waals surface area contributed by atoms with E-state index in [9.17, 15) is 9.18 Å². The van der Waals surface area contributed by atoms with Crippen molar-refractivity contribution >= 4 is 44.5 Å². The van der Waals surface area contributed by atoms with Gasteiger partial charge in [0.15, 0.2) is 0 Å². The number of carbonyl (C=O) groups excluding carboxylic acids is 1. The number of benzene rings is 1. The van der Waals surface area contributed by atoms with Crippen LogP contribution >= 0.6 is 27.5 Å². The number of primary amides is 1. The van der Waals surface area contributed by atoms with E-state index in [4.69, 9.17) is 17.3 Å². The molecule has 18 heavy (non-hydrogen) atoms. The lowest BCUT2D eigenvalue weighted by Gasteiger charge is -2.05. The largest absolute Gasteiger partial charge is 0.368 e. The van der Waals surface area contributed by atoms with Gasteiger partial charge >= 0.3 is 0 Å². The zero-order valence-electron chi connectivity index (χ0n) is 9.29. The molecule has 0 bridgehead atoms. The molecule has 0 unspecified atom stereocenters. The van der Waals surface area contributed by atoms with Crippen molar-refractivity contribution in [1.82, 2.24) is 9.55 Å². The molecule has 2 aromatic rings. The monoisotopic (exact) mass is 333 g/mol. The van der Waals surface area contributed by atoms with Crippen LogP contribution in [-0.4, -0.2) is 21.3 Å². The van der Waals surface area contributed by atoms with Gasteiger partial charge in [0.2, 0.25) is 5.91 Å². The molecular formula is C11H10BrClFN3O. The quantitative estimate of drug-likeness (QED) is 0.871. The van der Waals surface area contributed by atoms with Gasteiger partial charge in [-0.3, -0.25) is 4.79 Å². The Morgan fingerprint density at radius 2 is 2.28 bits per heavy atom. The van der Waals surface area contributed by atoms with E-state index in [0.29, 0.717) is 33.6 Å². The number of fused-ring (bicyclic) bond motifs is 1. The first-order valence-corrected chi connectivity index (χ1v) is 6.54. The first kappa shape index (κ1) is 13.3. The molecule has 0 aliphatic heterocycles. The predicted octanol–water partition coefficient (Wildman–Crippen LogP) is 2.20. The van der Waals surface area contributed by atoms with Crippen molar-refractivity contribution in [3.63, 3.8) is 0 Å². The number of amides is 1. The fraction of sp³-hybridized carbons (Fsp3) is 0.273. The summed E-state index contributed by atoms with van der Waals surface area (Å²) in [4.78, 5) is 15.4. The van der Waals surface area contributed by atoms with Gasteiger partial charge in [-0.15, -0.1) is 11.6 Å². The minimum absolute atomic E-state index is 0.0379. The Kier molecular flexibility index (Phi) is 3.87. The summed E-state index contributed by atoms with van der Waals surface area (Å²) in [5, 5.41) is 0. The minimum Gasteiger partial charge on any atom is -0.368 e. The van der Waals surface area contributed by atoms with Crippen LogP contribution in [0.5, 0.6) is 0 Å². The third-order valence-corrected chi connectivity index (χ3v) is 3.30. The number of rotatable bonds is 4. The second-order valence-corrected chi connectivity index (χ2v) is 5.01. The van der Waals surface area contributed by atoms with E-state index in [2.05, 4.69) is 20.9 Å². The Morgan fingerprint density at radius 3 is 2.89 bits per heavy atom. The number of aromatic nitrogens is 2. The molecule has 0 saturated heterocycles. The molecule has 1 aromatic carbocycles. The van der Waals surface area contributed by atoms with Gasteiger partial charge in [0.1, 0.15) is 18.2 Å². The van der Waals surface area contributed by atoms with Crippen molar-refractivity contribution in [2.75, 3.05) is 5.88 Å². The van der Waals surface area contributed by atoms with E-state index in [1.54, 1.807) is 10.6 Å². The molecule has 1 amide bonds. The number of carbonyl (C=O) groups is 1. The summed E-state index contributed by atoms with van der Waals surface area (Å²) in [6.07, 6.45) is 0.489. The third kappa shape index (κ3) is 2.49. The molecule has 96 valence electrons. The van der Waals surface area contributed by atoms with Crippen molar-refractivity contribution in [3.05, 3.63) is 28.2 Å². The maximum atomic E-state index is 13.5.